The monoisotopic (exact) mass is 175 g/mol. The highest BCUT2D eigenvalue weighted by molar-refractivity contribution is 5.77. The Labute approximate surface area is 75.1 Å². The molecule has 0 aliphatic rings. The second-order valence-electron chi connectivity index (χ2n) is 2.76. The van der Waals surface area contributed by atoms with E-state index in [-0.39, 0.29) is 0 Å². The molecule has 5 heteroatoms. The topological polar surface area (TPSA) is 56.0 Å². The molecule has 0 unspecified atom stereocenters. The largest absolute Gasteiger partial charge is 0.277 e. The van der Waals surface area contributed by atoms with Crippen molar-refractivity contribution in [1.29, 1.82) is 0 Å². The maximum absolute atomic E-state index is 4.21. The van der Waals surface area contributed by atoms with E-state index in [4.69, 9.17) is 0 Å². The number of pyridine rings is 1. The maximum atomic E-state index is 4.21. The van der Waals surface area contributed by atoms with E-state index in [1.165, 1.54) is 0 Å². The fraction of sp³-hybridized carbons (Fsp3) is 0.250. The van der Waals surface area contributed by atoms with Crippen LogP contribution in [0.15, 0.2) is 17.3 Å². The Morgan fingerprint density at radius 3 is 3.15 bits per heavy atom. The van der Waals surface area contributed by atoms with Gasteiger partial charge in [0.25, 0.3) is 0 Å². The molecule has 0 aliphatic heterocycles. The number of aryl methyl sites for hydroxylation is 1. The first-order valence-corrected chi connectivity index (χ1v) is 3.91. The molecule has 2 aromatic heterocycles. The Hall–Kier alpha value is -1.78. The van der Waals surface area contributed by atoms with Gasteiger partial charge in [0, 0.05) is 13.2 Å². The van der Waals surface area contributed by atoms with E-state index in [1.54, 1.807) is 24.3 Å². The molecule has 0 radical (unpaired) electrons. The van der Waals surface area contributed by atoms with Crippen molar-refractivity contribution in [3.05, 3.63) is 17.8 Å². The Bertz CT molecular complexity index is 457. The quantitative estimate of drug-likeness (QED) is 0.472. The molecule has 0 N–H and O–H groups in total. The number of hydrogen-bond acceptors (Lipinski definition) is 4. The Kier molecular flexibility index (Phi) is 1.77. The number of aromatic nitrogens is 4. The summed E-state index contributed by atoms with van der Waals surface area (Å²) < 4.78 is 1.55. The van der Waals surface area contributed by atoms with Gasteiger partial charge >= 0.3 is 0 Å². The van der Waals surface area contributed by atoms with Crippen LogP contribution in [0.1, 0.15) is 5.56 Å². The minimum atomic E-state index is 0.733. The highest BCUT2D eigenvalue weighted by atomic mass is 15.4. The van der Waals surface area contributed by atoms with Crippen LogP contribution < -0.4 is 0 Å². The number of fused-ring (bicyclic) bond motifs is 1. The molecule has 0 saturated carbocycles. The van der Waals surface area contributed by atoms with Gasteiger partial charge in [-0.3, -0.25) is 4.99 Å². The fourth-order valence-corrected chi connectivity index (χ4v) is 1.12. The van der Waals surface area contributed by atoms with Crippen molar-refractivity contribution in [2.75, 3.05) is 7.05 Å². The lowest BCUT2D eigenvalue weighted by Gasteiger charge is -1.91. The first-order chi connectivity index (χ1) is 6.31. The van der Waals surface area contributed by atoms with Crippen LogP contribution in [0, 0.1) is 6.92 Å². The van der Waals surface area contributed by atoms with Crippen LogP contribution in [-0.2, 0) is 0 Å². The highest BCUT2D eigenvalue weighted by Gasteiger charge is 2.02. The number of nitrogens with zero attached hydrogens (tertiary/aromatic N) is 5. The molecule has 2 heterocycles. The maximum Gasteiger partial charge on any atom is 0.184 e. The summed E-state index contributed by atoms with van der Waals surface area (Å²) in [6, 6.07) is 1.94. The Balaban J connectivity index is 2.68. The molecule has 2 rings (SSSR count). The van der Waals surface area contributed by atoms with E-state index < -0.39 is 0 Å². The molecule has 0 atom stereocenters. The molecule has 66 valence electrons. The molecule has 0 aromatic carbocycles. The summed E-state index contributed by atoms with van der Waals surface area (Å²) >= 11 is 0. The van der Waals surface area contributed by atoms with E-state index in [9.17, 15) is 0 Å². The minimum Gasteiger partial charge on any atom is -0.277 e. The molecular formula is C8H9N5. The van der Waals surface area contributed by atoms with Crippen molar-refractivity contribution in [2.24, 2.45) is 4.99 Å². The van der Waals surface area contributed by atoms with Gasteiger partial charge in [0.15, 0.2) is 5.65 Å². The van der Waals surface area contributed by atoms with Gasteiger partial charge in [0.1, 0.15) is 11.9 Å². The van der Waals surface area contributed by atoms with Gasteiger partial charge in [-0.2, -0.15) is 4.68 Å². The third-order valence-corrected chi connectivity index (χ3v) is 1.67. The average molecular weight is 175 g/mol. The Morgan fingerprint density at radius 2 is 2.38 bits per heavy atom. The first-order valence-electron chi connectivity index (χ1n) is 3.91. The van der Waals surface area contributed by atoms with Crippen molar-refractivity contribution in [2.45, 2.75) is 6.92 Å². The van der Waals surface area contributed by atoms with Gasteiger partial charge in [-0.05, 0) is 18.6 Å². The van der Waals surface area contributed by atoms with Gasteiger partial charge in [-0.25, -0.2) is 4.98 Å². The average Bonchev–Trinajstić information content (AvgIpc) is 2.49. The SMILES string of the molecule is CN=Cn1nnc2cc(C)cnc21. The molecule has 0 spiro atoms. The lowest BCUT2D eigenvalue weighted by molar-refractivity contribution is 0.868. The van der Waals surface area contributed by atoms with Crippen molar-refractivity contribution in [3.63, 3.8) is 0 Å². The van der Waals surface area contributed by atoms with Crippen LogP contribution in [0.5, 0.6) is 0 Å². The summed E-state index contributed by atoms with van der Waals surface area (Å²) in [5.74, 6) is 0. The summed E-state index contributed by atoms with van der Waals surface area (Å²) in [6.07, 6.45) is 3.36. The zero-order chi connectivity index (χ0) is 9.26. The van der Waals surface area contributed by atoms with E-state index in [0.717, 1.165) is 16.7 Å². The van der Waals surface area contributed by atoms with Gasteiger partial charge in [-0.15, -0.1) is 5.10 Å². The summed E-state index contributed by atoms with van der Waals surface area (Å²) in [4.78, 5) is 8.05. The van der Waals surface area contributed by atoms with E-state index in [2.05, 4.69) is 20.3 Å². The van der Waals surface area contributed by atoms with Crippen LogP contribution in [0.4, 0.5) is 0 Å². The van der Waals surface area contributed by atoms with Crippen LogP contribution in [-0.4, -0.2) is 33.4 Å². The van der Waals surface area contributed by atoms with Crippen LogP contribution >= 0.6 is 0 Å². The van der Waals surface area contributed by atoms with Crippen LogP contribution in [0.3, 0.4) is 0 Å². The smallest absolute Gasteiger partial charge is 0.184 e. The highest BCUT2D eigenvalue weighted by Crippen LogP contribution is 2.07. The lowest BCUT2D eigenvalue weighted by Crippen LogP contribution is -1.98. The molecule has 0 saturated heterocycles. The second-order valence-corrected chi connectivity index (χ2v) is 2.76. The lowest BCUT2D eigenvalue weighted by atomic mass is 10.3. The van der Waals surface area contributed by atoms with Gasteiger partial charge in [0.2, 0.25) is 0 Å². The molecule has 0 amide bonds. The standard InChI is InChI=1S/C8H9N5/c1-6-3-7-8(10-4-6)13(5-9-2)12-11-7/h3-5H,1-2H3. The van der Waals surface area contributed by atoms with Crippen LogP contribution in [0.2, 0.25) is 0 Å². The number of rotatable bonds is 1. The summed E-state index contributed by atoms with van der Waals surface area (Å²) in [5.41, 5.74) is 2.60. The molecule has 0 bridgehead atoms. The predicted octanol–water partition coefficient (Wildman–Crippen LogP) is 0.641. The molecule has 0 fully saturated rings. The van der Waals surface area contributed by atoms with Crippen LogP contribution in [0.25, 0.3) is 11.2 Å². The van der Waals surface area contributed by atoms with Crippen molar-refractivity contribution < 1.29 is 0 Å². The van der Waals surface area contributed by atoms with Crippen molar-refractivity contribution in [1.82, 2.24) is 20.0 Å². The molecule has 2 aromatic rings. The molecule has 0 aliphatic carbocycles. The first kappa shape index (κ1) is 7.85. The minimum absolute atomic E-state index is 0.733. The predicted molar refractivity (Wildman–Crippen MR) is 49.9 cm³/mol. The van der Waals surface area contributed by atoms with Crippen molar-refractivity contribution >= 4 is 17.5 Å². The van der Waals surface area contributed by atoms with Gasteiger partial charge < -0.3 is 0 Å². The Morgan fingerprint density at radius 1 is 1.54 bits per heavy atom. The summed E-state index contributed by atoms with van der Waals surface area (Å²) in [5, 5.41) is 7.84. The zero-order valence-electron chi connectivity index (χ0n) is 7.47. The summed E-state index contributed by atoms with van der Waals surface area (Å²) in [7, 11) is 1.68. The van der Waals surface area contributed by atoms with E-state index in [1.807, 2.05) is 13.0 Å². The molecular weight excluding hydrogens is 166 g/mol. The molecule has 5 nitrogen and oxygen atoms in total. The normalized spacial score (nSPS) is 11.5. The van der Waals surface area contributed by atoms with E-state index in [0.29, 0.717) is 0 Å². The third kappa shape index (κ3) is 1.28. The van der Waals surface area contributed by atoms with Crippen molar-refractivity contribution in [3.8, 4) is 0 Å². The zero-order valence-corrected chi connectivity index (χ0v) is 7.47. The van der Waals surface area contributed by atoms with Gasteiger partial charge in [0.05, 0.1) is 0 Å². The molecule has 13 heavy (non-hydrogen) atoms. The fourth-order valence-electron chi connectivity index (χ4n) is 1.12. The number of hydrogen-bond donors (Lipinski definition) is 0. The third-order valence-electron chi connectivity index (χ3n) is 1.67. The van der Waals surface area contributed by atoms with E-state index >= 15 is 0 Å². The second kappa shape index (κ2) is 2.93. The number of aliphatic imine (C=N–C) groups is 1. The summed E-state index contributed by atoms with van der Waals surface area (Å²) in [6.45, 7) is 1.97. The van der Waals surface area contributed by atoms with Gasteiger partial charge in [-0.1, -0.05) is 5.21 Å².